The van der Waals surface area contributed by atoms with Crippen molar-refractivity contribution < 1.29 is 9.18 Å². The summed E-state index contributed by atoms with van der Waals surface area (Å²) >= 11 is 6.04. The Hall–Kier alpha value is -2.73. The molecule has 1 amide bonds. The van der Waals surface area contributed by atoms with Gasteiger partial charge >= 0.3 is 0 Å². The van der Waals surface area contributed by atoms with Gasteiger partial charge in [0.15, 0.2) is 0 Å². The zero-order valence-electron chi connectivity index (χ0n) is 20.7. The lowest BCUT2D eigenvalue weighted by Crippen LogP contribution is -2.38. The number of benzene rings is 2. The Labute approximate surface area is 205 Å². The van der Waals surface area contributed by atoms with E-state index in [1.807, 2.05) is 19.9 Å². The van der Waals surface area contributed by atoms with Crippen molar-refractivity contribution in [3.63, 3.8) is 0 Å². The standard InChI is InChI=1S/C27H33ClFN3O2/c1-7-31(24(33)14-17(2)16-27(4,5)6)18(3)25-30-23-11-9-8-10-20(23)26(34)32(25)19-12-13-22(29)21(28)15-19/h8-13,15,17-18H,7,14,16H2,1-6H3. The number of nitrogens with zero attached hydrogens (tertiary/aromatic N) is 3. The fraction of sp³-hybridized carbons (Fsp3) is 0.444. The smallest absolute Gasteiger partial charge is 0.266 e. The van der Waals surface area contributed by atoms with E-state index in [0.29, 0.717) is 35.4 Å². The molecule has 0 spiro atoms. The Kier molecular flexibility index (Phi) is 7.81. The van der Waals surface area contributed by atoms with Crippen molar-refractivity contribution in [2.45, 2.75) is 60.4 Å². The number of hydrogen-bond donors (Lipinski definition) is 0. The number of aromatic nitrogens is 2. The maximum atomic E-state index is 13.9. The fourth-order valence-electron chi connectivity index (χ4n) is 4.64. The Balaban J connectivity index is 2.10. The van der Waals surface area contributed by atoms with Gasteiger partial charge in [0.1, 0.15) is 11.6 Å². The summed E-state index contributed by atoms with van der Waals surface area (Å²) < 4.78 is 15.3. The van der Waals surface area contributed by atoms with Gasteiger partial charge in [0, 0.05) is 13.0 Å². The summed E-state index contributed by atoms with van der Waals surface area (Å²) in [5.41, 5.74) is 0.786. The van der Waals surface area contributed by atoms with Gasteiger partial charge in [-0.15, -0.1) is 0 Å². The average molecular weight is 486 g/mol. The molecule has 2 aromatic carbocycles. The largest absolute Gasteiger partial charge is 0.333 e. The molecule has 2 atom stereocenters. The summed E-state index contributed by atoms with van der Waals surface area (Å²) in [6.07, 6.45) is 1.34. The van der Waals surface area contributed by atoms with Gasteiger partial charge in [-0.25, -0.2) is 9.37 Å². The topological polar surface area (TPSA) is 55.2 Å². The van der Waals surface area contributed by atoms with Crippen molar-refractivity contribution >= 4 is 28.4 Å². The molecule has 0 saturated heterocycles. The quantitative estimate of drug-likeness (QED) is 0.381. The van der Waals surface area contributed by atoms with Crippen LogP contribution in [0.3, 0.4) is 0 Å². The number of hydrogen-bond acceptors (Lipinski definition) is 3. The number of carbonyl (C=O) groups excluding carboxylic acids is 1. The van der Waals surface area contributed by atoms with Gasteiger partial charge in [0.05, 0.1) is 27.7 Å². The summed E-state index contributed by atoms with van der Waals surface area (Å²) in [5.74, 6) is 0.0688. The first-order valence-corrected chi connectivity index (χ1v) is 12.1. The van der Waals surface area contributed by atoms with Crippen molar-refractivity contribution in [2.24, 2.45) is 11.3 Å². The molecule has 0 saturated carbocycles. The first-order chi connectivity index (χ1) is 15.9. The zero-order valence-corrected chi connectivity index (χ0v) is 21.5. The molecule has 182 valence electrons. The van der Waals surface area contributed by atoms with Crippen molar-refractivity contribution in [1.29, 1.82) is 0 Å². The molecule has 2 unspecified atom stereocenters. The van der Waals surface area contributed by atoms with Crippen LogP contribution in [0.4, 0.5) is 4.39 Å². The monoisotopic (exact) mass is 485 g/mol. The lowest BCUT2D eigenvalue weighted by molar-refractivity contribution is -0.134. The molecule has 1 heterocycles. The van der Waals surface area contributed by atoms with Crippen LogP contribution in [-0.4, -0.2) is 26.9 Å². The second-order valence-electron chi connectivity index (χ2n) is 10.2. The lowest BCUT2D eigenvalue weighted by atomic mass is 9.84. The van der Waals surface area contributed by atoms with E-state index in [0.717, 1.165) is 6.42 Å². The maximum Gasteiger partial charge on any atom is 0.266 e. The van der Waals surface area contributed by atoms with Crippen molar-refractivity contribution in [3.05, 3.63) is 69.5 Å². The SMILES string of the molecule is CCN(C(=O)CC(C)CC(C)(C)C)C(C)c1nc2ccccc2c(=O)n1-c1ccc(F)c(Cl)c1. The van der Waals surface area contributed by atoms with Gasteiger partial charge in [-0.2, -0.15) is 0 Å². The highest BCUT2D eigenvalue weighted by molar-refractivity contribution is 6.30. The molecular weight excluding hydrogens is 453 g/mol. The van der Waals surface area contributed by atoms with Crippen LogP contribution in [-0.2, 0) is 4.79 Å². The molecule has 0 N–H and O–H groups in total. The first-order valence-electron chi connectivity index (χ1n) is 11.7. The van der Waals surface area contributed by atoms with Gasteiger partial charge in [-0.1, -0.05) is 51.4 Å². The molecule has 0 radical (unpaired) electrons. The molecule has 3 rings (SSSR count). The second-order valence-corrected chi connectivity index (χ2v) is 10.6. The number of carbonyl (C=O) groups is 1. The Morgan fingerprint density at radius 1 is 1.18 bits per heavy atom. The van der Waals surface area contributed by atoms with Crippen LogP contribution in [0.1, 0.15) is 66.3 Å². The zero-order chi connectivity index (χ0) is 25.2. The molecular formula is C27H33ClFN3O2. The number of halogens is 2. The lowest BCUT2D eigenvalue weighted by Gasteiger charge is -2.31. The summed E-state index contributed by atoms with van der Waals surface area (Å²) in [5, 5.41) is 0.350. The van der Waals surface area contributed by atoms with E-state index in [9.17, 15) is 14.0 Å². The third-order valence-electron chi connectivity index (χ3n) is 5.95. The number of para-hydroxylation sites is 1. The molecule has 1 aromatic heterocycles. The summed E-state index contributed by atoms with van der Waals surface area (Å²) in [6.45, 7) is 12.8. The van der Waals surface area contributed by atoms with E-state index in [1.54, 1.807) is 23.1 Å². The minimum absolute atomic E-state index is 0.0119. The second kappa shape index (κ2) is 10.3. The molecule has 0 aliphatic rings. The Morgan fingerprint density at radius 2 is 1.85 bits per heavy atom. The third-order valence-corrected chi connectivity index (χ3v) is 6.24. The normalized spacial score (nSPS) is 13.6. The van der Waals surface area contributed by atoms with E-state index in [4.69, 9.17) is 16.6 Å². The van der Waals surface area contributed by atoms with E-state index in [2.05, 4.69) is 27.7 Å². The minimum atomic E-state index is -0.569. The van der Waals surface area contributed by atoms with Gasteiger partial charge in [0.25, 0.3) is 5.56 Å². The number of fused-ring (bicyclic) bond motifs is 1. The molecule has 0 aliphatic heterocycles. The summed E-state index contributed by atoms with van der Waals surface area (Å²) in [7, 11) is 0. The van der Waals surface area contributed by atoms with Gasteiger partial charge < -0.3 is 4.90 Å². The van der Waals surface area contributed by atoms with Crippen LogP contribution in [0.25, 0.3) is 16.6 Å². The van der Waals surface area contributed by atoms with Gasteiger partial charge in [0.2, 0.25) is 5.91 Å². The molecule has 5 nitrogen and oxygen atoms in total. The molecule has 7 heteroatoms. The summed E-state index contributed by atoms with van der Waals surface area (Å²) in [4.78, 5) is 33.4. The van der Waals surface area contributed by atoms with Crippen LogP contribution in [0.15, 0.2) is 47.3 Å². The molecule has 0 aliphatic carbocycles. The molecule has 3 aromatic rings. The highest BCUT2D eigenvalue weighted by Crippen LogP contribution is 2.29. The van der Waals surface area contributed by atoms with E-state index in [-0.39, 0.29) is 27.8 Å². The molecule has 0 bridgehead atoms. The fourth-order valence-corrected chi connectivity index (χ4v) is 4.82. The molecule has 0 fully saturated rings. The minimum Gasteiger partial charge on any atom is -0.333 e. The van der Waals surface area contributed by atoms with Gasteiger partial charge in [-0.3, -0.25) is 14.2 Å². The van der Waals surface area contributed by atoms with Crippen LogP contribution in [0, 0.1) is 17.2 Å². The maximum absolute atomic E-state index is 13.9. The predicted octanol–water partition coefficient (Wildman–Crippen LogP) is 6.55. The third kappa shape index (κ3) is 5.66. The number of amides is 1. The predicted molar refractivity (Wildman–Crippen MR) is 136 cm³/mol. The Morgan fingerprint density at radius 3 is 2.47 bits per heavy atom. The average Bonchev–Trinajstić information content (AvgIpc) is 2.74. The van der Waals surface area contributed by atoms with E-state index >= 15 is 0 Å². The van der Waals surface area contributed by atoms with E-state index in [1.165, 1.54) is 22.8 Å². The highest BCUT2D eigenvalue weighted by atomic mass is 35.5. The molecule has 34 heavy (non-hydrogen) atoms. The Bertz CT molecular complexity index is 1250. The highest BCUT2D eigenvalue weighted by Gasteiger charge is 2.28. The van der Waals surface area contributed by atoms with Crippen LogP contribution in [0.2, 0.25) is 5.02 Å². The summed E-state index contributed by atoms with van der Waals surface area (Å²) in [6, 6.07) is 10.7. The van der Waals surface area contributed by atoms with Crippen molar-refractivity contribution in [1.82, 2.24) is 14.5 Å². The van der Waals surface area contributed by atoms with Crippen molar-refractivity contribution in [2.75, 3.05) is 6.54 Å². The van der Waals surface area contributed by atoms with Gasteiger partial charge in [-0.05, 0) is 61.9 Å². The van der Waals surface area contributed by atoms with E-state index < -0.39 is 11.9 Å². The van der Waals surface area contributed by atoms with Crippen molar-refractivity contribution in [3.8, 4) is 5.69 Å². The van der Waals surface area contributed by atoms with Crippen LogP contribution in [0.5, 0.6) is 0 Å². The first kappa shape index (κ1) is 25.9. The van der Waals surface area contributed by atoms with Crippen LogP contribution >= 0.6 is 11.6 Å². The van der Waals surface area contributed by atoms with Crippen LogP contribution < -0.4 is 5.56 Å². The number of rotatable bonds is 7.